The van der Waals surface area contributed by atoms with Gasteiger partial charge in [-0.1, -0.05) is 0 Å². The first-order valence-electron chi connectivity index (χ1n) is 4.17. The Morgan fingerprint density at radius 1 is 1.31 bits per heavy atom. The third-order valence-electron chi connectivity index (χ3n) is 1.44. The number of carboxylic acid groups (broad SMARTS) is 1. The molecule has 16 heavy (non-hydrogen) atoms. The summed E-state index contributed by atoms with van der Waals surface area (Å²) in [6.45, 7) is 1.08. The van der Waals surface area contributed by atoms with Gasteiger partial charge < -0.3 is 5.11 Å². The van der Waals surface area contributed by atoms with E-state index in [9.17, 15) is 9.59 Å². The lowest BCUT2D eigenvalue weighted by Crippen LogP contribution is -2.15. The Labute approximate surface area is 89.8 Å². The molecule has 0 aliphatic carbocycles. The summed E-state index contributed by atoms with van der Waals surface area (Å²) in [5, 5.41) is 14.1. The molecule has 2 rings (SSSR count). The number of hydrogen-bond acceptors (Lipinski definition) is 5. The van der Waals surface area contributed by atoms with Crippen molar-refractivity contribution in [2.24, 2.45) is 10.2 Å². The van der Waals surface area contributed by atoms with Crippen LogP contribution < -0.4 is 0 Å². The topological polar surface area (TPSA) is 109 Å². The highest BCUT2D eigenvalue weighted by Crippen LogP contribution is 2.21. The Hall–Kier alpha value is -2.44. The molecule has 0 atom stereocenters. The Morgan fingerprint density at radius 3 is 2.56 bits per heavy atom. The van der Waals surface area contributed by atoms with Crippen molar-refractivity contribution >= 4 is 23.3 Å². The molecule has 0 saturated heterocycles. The quantitative estimate of drug-likeness (QED) is 0.656. The van der Waals surface area contributed by atoms with E-state index in [4.69, 9.17) is 9.90 Å². The Morgan fingerprint density at radius 2 is 1.94 bits per heavy atom. The van der Waals surface area contributed by atoms with Crippen molar-refractivity contribution in [3.63, 3.8) is 0 Å². The molecule has 1 amide bonds. The van der Waals surface area contributed by atoms with E-state index >= 15 is 0 Å². The zero-order valence-electron chi connectivity index (χ0n) is 8.25. The van der Waals surface area contributed by atoms with Crippen molar-refractivity contribution in [1.82, 2.24) is 4.98 Å². The minimum atomic E-state index is -0.860. The minimum Gasteiger partial charge on any atom is -0.481 e. The van der Waals surface area contributed by atoms with Crippen LogP contribution in [-0.4, -0.2) is 27.8 Å². The standard InChI is InChI=1S/C7H3N3O2.C2H4O2/c11-6-5-4(2-1-3-8-5)9-10-7(6)12;1-2(3)4/h1-3H;1H3,(H,3,4). The maximum absolute atomic E-state index is 11.1. The molecule has 0 saturated carbocycles. The number of azo groups is 1. The summed E-state index contributed by atoms with van der Waals surface area (Å²) in [5.74, 6) is -2.39. The van der Waals surface area contributed by atoms with Gasteiger partial charge in [0.1, 0.15) is 11.4 Å². The molecule has 1 N–H and O–H groups in total. The Kier molecular flexibility index (Phi) is 3.54. The van der Waals surface area contributed by atoms with Gasteiger partial charge in [0.15, 0.2) is 0 Å². The summed E-state index contributed by atoms with van der Waals surface area (Å²) in [6.07, 6.45) is 1.44. The largest absolute Gasteiger partial charge is 0.481 e. The molecule has 1 aromatic heterocycles. The molecule has 0 unspecified atom stereocenters. The van der Waals surface area contributed by atoms with E-state index < -0.39 is 17.7 Å². The number of aliphatic carboxylic acids is 1. The zero-order chi connectivity index (χ0) is 12.1. The predicted octanol–water partition coefficient (Wildman–Crippen LogP) is 0.979. The van der Waals surface area contributed by atoms with Crippen LogP contribution in [0.5, 0.6) is 0 Å². The molecule has 7 nitrogen and oxygen atoms in total. The molecule has 1 aliphatic rings. The van der Waals surface area contributed by atoms with Crippen molar-refractivity contribution in [3.8, 4) is 0 Å². The van der Waals surface area contributed by atoms with Gasteiger partial charge in [0.2, 0.25) is 0 Å². The smallest absolute Gasteiger partial charge is 0.338 e. The van der Waals surface area contributed by atoms with Crippen LogP contribution in [0.1, 0.15) is 17.4 Å². The van der Waals surface area contributed by atoms with Gasteiger partial charge in [-0.2, -0.15) is 0 Å². The van der Waals surface area contributed by atoms with Crippen molar-refractivity contribution in [2.45, 2.75) is 6.92 Å². The van der Waals surface area contributed by atoms with Crippen molar-refractivity contribution in [1.29, 1.82) is 0 Å². The number of Topliss-reactive ketones (excluding diaryl/α,β-unsaturated/α-hetero) is 1. The molecular weight excluding hydrogens is 214 g/mol. The number of rotatable bonds is 0. The van der Waals surface area contributed by atoms with Crippen molar-refractivity contribution < 1.29 is 19.5 Å². The fourth-order valence-electron chi connectivity index (χ4n) is 0.898. The maximum Gasteiger partial charge on any atom is 0.338 e. The van der Waals surface area contributed by atoms with Gasteiger partial charge in [-0.3, -0.25) is 19.4 Å². The number of ketones is 1. The number of aromatic nitrogens is 1. The first kappa shape index (κ1) is 11.6. The van der Waals surface area contributed by atoms with E-state index in [1.54, 1.807) is 12.1 Å². The number of pyridine rings is 1. The maximum atomic E-state index is 11.1. The molecule has 0 radical (unpaired) electrons. The van der Waals surface area contributed by atoms with Crippen LogP contribution in [0.4, 0.5) is 5.69 Å². The summed E-state index contributed by atoms with van der Waals surface area (Å²) < 4.78 is 0. The number of carbonyl (C=O) groups is 3. The molecular formula is C9H7N3O4. The molecule has 0 aromatic carbocycles. The zero-order valence-corrected chi connectivity index (χ0v) is 8.25. The van der Waals surface area contributed by atoms with Gasteiger partial charge in [-0.15, -0.1) is 10.2 Å². The Balaban J connectivity index is 0.000000280. The highest BCUT2D eigenvalue weighted by molar-refractivity contribution is 6.44. The lowest BCUT2D eigenvalue weighted by atomic mass is 10.2. The first-order chi connectivity index (χ1) is 7.52. The number of nitrogens with zero attached hydrogens (tertiary/aromatic N) is 3. The van der Waals surface area contributed by atoms with Crippen LogP contribution in [0.3, 0.4) is 0 Å². The number of amides is 1. The number of carbonyl (C=O) groups excluding carboxylic acids is 2. The summed E-state index contributed by atoms with van der Waals surface area (Å²) in [6, 6.07) is 3.21. The molecule has 7 heteroatoms. The van der Waals surface area contributed by atoms with Gasteiger partial charge in [0.05, 0.1) is 0 Å². The van der Waals surface area contributed by atoms with E-state index in [0.29, 0.717) is 5.69 Å². The van der Waals surface area contributed by atoms with E-state index in [-0.39, 0.29) is 5.69 Å². The van der Waals surface area contributed by atoms with Crippen molar-refractivity contribution in [2.75, 3.05) is 0 Å². The summed E-state index contributed by atoms with van der Waals surface area (Å²) in [4.78, 5) is 34.5. The normalized spacial score (nSPS) is 12.6. The fraction of sp³-hybridized carbons (Fsp3) is 0.111. The van der Waals surface area contributed by atoms with Gasteiger partial charge in [0.25, 0.3) is 11.8 Å². The summed E-state index contributed by atoms with van der Waals surface area (Å²) in [5.41, 5.74) is 0.430. The van der Waals surface area contributed by atoms with Gasteiger partial charge in [0, 0.05) is 13.1 Å². The molecule has 1 aliphatic heterocycles. The van der Waals surface area contributed by atoms with Gasteiger partial charge in [-0.05, 0) is 12.1 Å². The van der Waals surface area contributed by atoms with E-state index in [1.807, 2.05) is 0 Å². The molecule has 0 spiro atoms. The van der Waals surface area contributed by atoms with Crippen LogP contribution in [0.2, 0.25) is 0 Å². The number of fused-ring (bicyclic) bond motifs is 1. The van der Waals surface area contributed by atoms with Crippen molar-refractivity contribution in [3.05, 3.63) is 24.0 Å². The second kappa shape index (κ2) is 4.87. The average Bonchev–Trinajstić information content (AvgIpc) is 2.23. The highest BCUT2D eigenvalue weighted by Gasteiger charge is 2.24. The highest BCUT2D eigenvalue weighted by atomic mass is 16.4. The van der Waals surface area contributed by atoms with Gasteiger partial charge in [-0.25, -0.2) is 0 Å². The lowest BCUT2D eigenvalue weighted by Gasteiger charge is -2.02. The van der Waals surface area contributed by atoms with E-state index in [0.717, 1.165) is 6.92 Å². The molecule has 2 heterocycles. The monoisotopic (exact) mass is 221 g/mol. The molecule has 1 aromatic rings. The summed E-state index contributed by atoms with van der Waals surface area (Å²) >= 11 is 0. The van der Waals surface area contributed by atoms with Crippen LogP contribution in [0.15, 0.2) is 28.6 Å². The third kappa shape index (κ3) is 2.77. The summed E-state index contributed by atoms with van der Waals surface area (Å²) in [7, 11) is 0. The second-order valence-electron chi connectivity index (χ2n) is 2.72. The van der Waals surface area contributed by atoms with E-state index in [2.05, 4.69) is 15.2 Å². The second-order valence-corrected chi connectivity index (χ2v) is 2.72. The van der Waals surface area contributed by atoms with Gasteiger partial charge >= 0.3 is 5.91 Å². The van der Waals surface area contributed by atoms with E-state index in [1.165, 1.54) is 6.20 Å². The lowest BCUT2D eigenvalue weighted by molar-refractivity contribution is -0.134. The molecule has 82 valence electrons. The third-order valence-corrected chi connectivity index (χ3v) is 1.44. The van der Waals surface area contributed by atoms with Crippen LogP contribution in [-0.2, 0) is 9.59 Å². The first-order valence-corrected chi connectivity index (χ1v) is 4.17. The Bertz CT molecular complexity index is 477. The average molecular weight is 221 g/mol. The molecule has 0 fully saturated rings. The SMILES string of the molecule is CC(=O)O.O=C1N=Nc2cccnc2C1=O. The van der Waals surface area contributed by atoms with Crippen LogP contribution in [0, 0.1) is 0 Å². The van der Waals surface area contributed by atoms with Crippen LogP contribution in [0.25, 0.3) is 0 Å². The number of hydrogen-bond donors (Lipinski definition) is 1. The molecule has 0 bridgehead atoms. The number of carboxylic acids is 1. The van der Waals surface area contributed by atoms with Crippen LogP contribution >= 0.6 is 0 Å². The fourth-order valence-corrected chi connectivity index (χ4v) is 0.898. The minimum absolute atomic E-state index is 0.0810. The predicted molar refractivity (Wildman–Crippen MR) is 51.4 cm³/mol.